The van der Waals surface area contributed by atoms with Crippen LogP contribution in [0.15, 0.2) is 0 Å². The Labute approximate surface area is 106 Å². The van der Waals surface area contributed by atoms with E-state index in [0.717, 1.165) is 0 Å². The van der Waals surface area contributed by atoms with Crippen LogP contribution in [0.2, 0.25) is 0 Å². The van der Waals surface area contributed by atoms with Gasteiger partial charge in [-0.3, -0.25) is 4.79 Å². The zero-order valence-electron chi connectivity index (χ0n) is 8.92. The Bertz CT molecular complexity index is 430. The van der Waals surface area contributed by atoms with Gasteiger partial charge in [0, 0.05) is 0 Å². The molecule has 0 radical (unpaired) electrons. The number of ketones is 1. The molecule has 0 aliphatic heterocycles. The van der Waals surface area contributed by atoms with Crippen molar-refractivity contribution in [2.75, 3.05) is 0 Å². The first-order valence-corrected chi connectivity index (χ1v) is 4.21. The summed E-state index contributed by atoms with van der Waals surface area (Å²) in [5, 5.41) is 7.82. The number of hydrogen-bond acceptors (Lipinski definition) is 2. The van der Waals surface area contributed by atoms with Gasteiger partial charge in [-0.2, -0.15) is 39.5 Å². The van der Waals surface area contributed by atoms with Gasteiger partial charge in [-0.25, -0.2) is 13.6 Å². The highest BCUT2D eigenvalue weighted by Gasteiger charge is 2.85. The number of carboxylic acid groups (broad SMARTS) is 1. The zero-order chi connectivity index (χ0) is 17.7. The molecule has 0 saturated carbocycles. The Balaban J connectivity index is 6.47. The molecule has 3 nitrogen and oxygen atoms in total. The number of rotatable bonds is 3. The van der Waals surface area contributed by atoms with Crippen molar-refractivity contribution in [3.05, 3.63) is 0 Å². The number of carboxylic acids is 1. The third-order valence-corrected chi connectivity index (χ3v) is 2.09. The average Bonchev–Trinajstić information content (AvgIpc) is 2.20. The zero-order valence-corrected chi connectivity index (χ0v) is 8.92. The van der Waals surface area contributed by atoms with Gasteiger partial charge in [-0.1, -0.05) is 0 Å². The lowest BCUT2D eigenvalue weighted by atomic mass is 9.86. The van der Waals surface area contributed by atoms with Crippen LogP contribution in [0.3, 0.4) is 0 Å². The highest BCUT2D eigenvalue weighted by Crippen LogP contribution is 2.51. The summed E-state index contributed by atoms with van der Waals surface area (Å²) in [5.74, 6) is -8.97. The maximum absolute atomic E-state index is 13.1. The monoisotopic (exact) mass is 342 g/mol. The van der Waals surface area contributed by atoms with Crippen molar-refractivity contribution in [2.24, 2.45) is 0 Å². The minimum absolute atomic E-state index is 4.07. The summed E-state index contributed by atoms with van der Waals surface area (Å²) in [6.07, 6.45) is -21.8. The molecule has 0 aliphatic carbocycles. The third kappa shape index (κ3) is 2.62. The number of carbonyl (C=O) groups excluding carboxylic acids is 1. The van der Waals surface area contributed by atoms with E-state index in [2.05, 4.69) is 0 Å². The molecule has 0 aromatic carbocycles. The molecule has 21 heavy (non-hydrogen) atoms. The molecule has 0 aliphatic rings. The normalized spacial score (nSPS) is 17.3. The van der Waals surface area contributed by atoms with Crippen LogP contribution in [-0.4, -0.2) is 46.7 Å². The molecular weight excluding hydrogens is 341 g/mol. The van der Waals surface area contributed by atoms with Crippen LogP contribution in [0.4, 0.5) is 48.3 Å². The van der Waals surface area contributed by atoms with E-state index < -0.39 is 41.6 Å². The lowest BCUT2D eigenvalue weighted by molar-refractivity contribution is -0.332. The summed E-state index contributed by atoms with van der Waals surface area (Å²) in [6, 6.07) is 0. The van der Waals surface area contributed by atoms with Crippen LogP contribution >= 0.6 is 0 Å². The molecule has 124 valence electrons. The van der Waals surface area contributed by atoms with E-state index in [0.29, 0.717) is 0 Å². The molecule has 0 heterocycles. The predicted molar refractivity (Wildman–Crippen MR) is 38.5 cm³/mol. The fourth-order valence-electron chi connectivity index (χ4n) is 1.00. The van der Waals surface area contributed by atoms with Crippen molar-refractivity contribution >= 4 is 11.8 Å². The van der Waals surface area contributed by atoms with Crippen LogP contribution in [0.5, 0.6) is 0 Å². The molecule has 0 fully saturated rings. The van der Waals surface area contributed by atoms with Gasteiger partial charge >= 0.3 is 35.8 Å². The lowest BCUT2D eigenvalue weighted by Crippen LogP contribution is -2.69. The molecular formula is C7HF11O3. The summed E-state index contributed by atoms with van der Waals surface area (Å²) in [4.78, 5) is 20.6. The Morgan fingerprint density at radius 3 is 1.05 bits per heavy atom. The molecule has 0 saturated heterocycles. The van der Waals surface area contributed by atoms with Crippen LogP contribution in [0, 0.1) is 0 Å². The lowest BCUT2D eigenvalue weighted by Gasteiger charge is -2.33. The van der Waals surface area contributed by atoms with Crippen molar-refractivity contribution < 1.29 is 63.0 Å². The number of aliphatic carboxylic acids is 1. The molecule has 0 bridgehead atoms. The van der Waals surface area contributed by atoms with Gasteiger partial charge in [0.15, 0.2) is 0 Å². The number of hydrogen-bond donors (Lipinski definition) is 1. The van der Waals surface area contributed by atoms with E-state index in [1.54, 1.807) is 0 Å². The molecule has 0 spiro atoms. The fourth-order valence-corrected chi connectivity index (χ4v) is 1.00. The smallest absolute Gasteiger partial charge is 0.441 e. The van der Waals surface area contributed by atoms with Gasteiger partial charge in [0.05, 0.1) is 0 Å². The Morgan fingerprint density at radius 1 is 0.619 bits per heavy atom. The van der Waals surface area contributed by atoms with E-state index in [9.17, 15) is 57.9 Å². The number of halogens is 11. The highest BCUT2D eigenvalue weighted by molar-refractivity contribution is 6.12. The average molecular weight is 342 g/mol. The summed E-state index contributed by atoms with van der Waals surface area (Å²) in [7, 11) is 0. The Hall–Kier alpha value is -1.63. The van der Waals surface area contributed by atoms with Crippen LogP contribution < -0.4 is 0 Å². The summed E-state index contributed by atoms with van der Waals surface area (Å²) >= 11 is 0. The Morgan fingerprint density at radius 2 is 0.905 bits per heavy atom. The maximum atomic E-state index is 13.1. The first-order valence-electron chi connectivity index (χ1n) is 4.21. The molecule has 0 rings (SSSR count). The third-order valence-electron chi connectivity index (χ3n) is 2.09. The van der Waals surface area contributed by atoms with Gasteiger partial charge in [-0.15, -0.1) is 0 Å². The largest absolute Gasteiger partial charge is 0.478 e. The Kier molecular flexibility index (Phi) is 4.33. The predicted octanol–water partition coefficient (Wildman–Crippen LogP) is 2.74. The minimum Gasteiger partial charge on any atom is -0.478 e. The van der Waals surface area contributed by atoms with Gasteiger partial charge in [-0.05, 0) is 0 Å². The van der Waals surface area contributed by atoms with E-state index in [1.807, 2.05) is 0 Å². The van der Waals surface area contributed by atoms with E-state index in [-0.39, 0.29) is 0 Å². The first-order chi connectivity index (χ1) is 8.85. The summed E-state index contributed by atoms with van der Waals surface area (Å²) in [6.45, 7) is 0. The van der Waals surface area contributed by atoms with Crippen LogP contribution in [-0.2, 0) is 9.59 Å². The number of Topliss-reactive ketones (excluding diaryl/α,β-unsaturated/α-hetero) is 1. The second-order valence-corrected chi connectivity index (χ2v) is 3.44. The molecule has 0 amide bonds. The maximum Gasteiger partial charge on any atom is 0.441 e. The molecule has 1 unspecified atom stereocenters. The second-order valence-electron chi connectivity index (χ2n) is 3.44. The SMILES string of the molecule is O=C(O)C(F)(C(=O)C(F)(C(F)(F)F)C(F)(F)F)C(F)(F)F. The summed E-state index contributed by atoms with van der Waals surface area (Å²) in [5.41, 5.74) is -14.1. The molecule has 0 aromatic rings. The van der Waals surface area contributed by atoms with Gasteiger partial charge in [0.1, 0.15) is 0 Å². The topological polar surface area (TPSA) is 54.4 Å². The molecule has 1 atom stereocenters. The van der Waals surface area contributed by atoms with Crippen LogP contribution in [0.1, 0.15) is 0 Å². The summed E-state index contributed by atoms with van der Waals surface area (Å²) < 4.78 is 134. The van der Waals surface area contributed by atoms with Gasteiger partial charge < -0.3 is 5.11 Å². The van der Waals surface area contributed by atoms with E-state index in [1.165, 1.54) is 0 Å². The van der Waals surface area contributed by atoms with Crippen molar-refractivity contribution in [3.63, 3.8) is 0 Å². The van der Waals surface area contributed by atoms with E-state index in [4.69, 9.17) is 5.11 Å². The standard InChI is InChI=1S/C7HF11O3/c8-3(2(20)21,5(10,11)12)1(19)4(9,6(13,14)15)7(16,17)18/h(H,20,21). The van der Waals surface area contributed by atoms with Gasteiger partial charge in [0.2, 0.25) is 5.78 Å². The fraction of sp³-hybridized carbons (Fsp3) is 0.714. The van der Waals surface area contributed by atoms with E-state index >= 15 is 0 Å². The van der Waals surface area contributed by atoms with Crippen molar-refractivity contribution in [2.45, 2.75) is 29.9 Å². The molecule has 1 N–H and O–H groups in total. The van der Waals surface area contributed by atoms with Crippen molar-refractivity contribution in [1.82, 2.24) is 0 Å². The molecule has 14 heteroatoms. The minimum atomic E-state index is -7.37. The molecule has 0 aromatic heterocycles. The quantitative estimate of drug-likeness (QED) is 0.634. The second kappa shape index (κ2) is 4.69. The number of alkyl halides is 11. The van der Waals surface area contributed by atoms with Crippen LogP contribution in [0.25, 0.3) is 0 Å². The number of carbonyl (C=O) groups is 2. The highest BCUT2D eigenvalue weighted by atomic mass is 19.4. The first kappa shape index (κ1) is 19.4. The van der Waals surface area contributed by atoms with Gasteiger partial charge in [0.25, 0.3) is 0 Å². The van der Waals surface area contributed by atoms with Crippen molar-refractivity contribution in [3.8, 4) is 0 Å². The van der Waals surface area contributed by atoms with Crippen molar-refractivity contribution in [1.29, 1.82) is 0 Å².